The summed E-state index contributed by atoms with van der Waals surface area (Å²) in [5.41, 5.74) is 6.32. The minimum atomic E-state index is -4.31. The van der Waals surface area contributed by atoms with E-state index in [1.165, 1.54) is 6.07 Å². The lowest BCUT2D eigenvalue weighted by atomic mass is 9.97. The van der Waals surface area contributed by atoms with Crippen LogP contribution in [0.15, 0.2) is 18.2 Å². The second-order valence-corrected chi connectivity index (χ2v) is 3.53. The van der Waals surface area contributed by atoms with Gasteiger partial charge < -0.3 is 10.5 Å². The van der Waals surface area contributed by atoms with Crippen molar-refractivity contribution in [2.24, 2.45) is 5.73 Å². The molecule has 0 saturated carbocycles. The van der Waals surface area contributed by atoms with E-state index in [0.717, 1.165) is 17.7 Å². The minimum absolute atomic E-state index is 0.201. The number of alkyl halides is 3. The van der Waals surface area contributed by atoms with E-state index < -0.39 is 11.7 Å². The quantitative estimate of drug-likeness (QED) is 0.723. The van der Waals surface area contributed by atoms with Crippen molar-refractivity contribution in [1.29, 1.82) is 0 Å². The number of fused-ring (bicyclic) bond motifs is 1. The average Bonchev–Trinajstić information content (AvgIpc) is 2.16. The first-order chi connectivity index (χ1) is 6.98. The van der Waals surface area contributed by atoms with Crippen LogP contribution in [0.4, 0.5) is 13.2 Å². The summed E-state index contributed by atoms with van der Waals surface area (Å²) in [4.78, 5) is 0. The van der Waals surface area contributed by atoms with E-state index in [1.807, 2.05) is 0 Å². The van der Waals surface area contributed by atoms with Crippen molar-refractivity contribution in [3.8, 4) is 0 Å². The Labute approximate surface area is 84.8 Å². The topological polar surface area (TPSA) is 35.2 Å². The highest BCUT2D eigenvalue weighted by Gasteiger charge is 2.31. The van der Waals surface area contributed by atoms with E-state index in [0.29, 0.717) is 12.2 Å². The zero-order valence-electron chi connectivity index (χ0n) is 7.84. The molecule has 15 heavy (non-hydrogen) atoms. The normalized spacial score (nSPS) is 21.2. The summed E-state index contributed by atoms with van der Waals surface area (Å²) >= 11 is 0. The molecule has 0 radical (unpaired) electrons. The van der Waals surface area contributed by atoms with Crippen LogP contribution in [-0.2, 0) is 17.5 Å². The molecule has 2 nitrogen and oxygen atoms in total. The predicted octanol–water partition coefficient (Wildman–Crippen LogP) is 2.24. The van der Waals surface area contributed by atoms with Gasteiger partial charge in [0.05, 0.1) is 24.8 Å². The maximum atomic E-state index is 12.4. The molecule has 1 aromatic rings. The molecule has 0 aliphatic carbocycles. The van der Waals surface area contributed by atoms with Crippen molar-refractivity contribution in [2.45, 2.75) is 18.8 Å². The van der Waals surface area contributed by atoms with Crippen LogP contribution in [0.2, 0.25) is 0 Å². The van der Waals surface area contributed by atoms with Crippen molar-refractivity contribution in [2.75, 3.05) is 6.61 Å². The summed E-state index contributed by atoms with van der Waals surface area (Å²) in [5, 5.41) is 0. The fraction of sp³-hybridized carbons (Fsp3) is 0.400. The molecule has 82 valence electrons. The van der Waals surface area contributed by atoms with E-state index in [9.17, 15) is 13.2 Å². The van der Waals surface area contributed by atoms with Crippen LogP contribution in [-0.4, -0.2) is 6.61 Å². The summed E-state index contributed by atoms with van der Waals surface area (Å²) < 4.78 is 42.2. The van der Waals surface area contributed by atoms with Gasteiger partial charge in [0.2, 0.25) is 0 Å². The largest absolute Gasteiger partial charge is 0.416 e. The highest BCUT2D eigenvalue weighted by molar-refractivity contribution is 5.36. The lowest BCUT2D eigenvalue weighted by molar-refractivity contribution is -0.137. The molecule has 0 bridgehead atoms. The average molecular weight is 217 g/mol. The maximum Gasteiger partial charge on any atom is 0.416 e. The fourth-order valence-electron chi connectivity index (χ4n) is 1.65. The minimum Gasteiger partial charge on any atom is -0.375 e. The molecule has 0 fully saturated rings. The third-order valence-corrected chi connectivity index (χ3v) is 2.42. The van der Waals surface area contributed by atoms with Gasteiger partial charge in [-0.3, -0.25) is 0 Å². The van der Waals surface area contributed by atoms with E-state index in [2.05, 4.69) is 0 Å². The summed E-state index contributed by atoms with van der Waals surface area (Å²) in [6.45, 7) is 0.561. The van der Waals surface area contributed by atoms with Crippen molar-refractivity contribution in [1.82, 2.24) is 0 Å². The molecule has 0 saturated heterocycles. The molecule has 1 aromatic carbocycles. The van der Waals surface area contributed by atoms with E-state index in [-0.39, 0.29) is 12.6 Å². The van der Waals surface area contributed by atoms with Gasteiger partial charge in [-0.05, 0) is 23.3 Å². The van der Waals surface area contributed by atoms with Gasteiger partial charge in [-0.15, -0.1) is 0 Å². The van der Waals surface area contributed by atoms with Gasteiger partial charge in [0.15, 0.2) is 0 Å². The molecule has 1 aliphatic heterocycles. The highest BCUT2D eigenvalue weighted by Crippen LogP contribution is 2.33. The van der Waals surface area contributed by atoms with Crippen LogP contribution >= 0.6 is 0 Å². The fourth-order valence-corrected chi connectivity index (χ4v) is 1.65. The van der Waals surface area contributed by atoms with Crippen molar-refractivity contribution in [3.05, 3.63) is 34.9 Å². The molecule has 1 atom stereocenters. The van der Waals surface area contributed by atoms with E-state index in [1.54, 1.807) is 0 Å². The first-order valence-electron chi connectivity index (χ1n) is 4.52. The van der Waals surface area contributed by atoms with Crippen molar-refractivity contribution >= 4 is 0 Å². The molecule has 5 heteroatoms. The summed E-state index contributed by atoms with van der Waals surface area (Å²) in [7, 11) is 0. The van der Waals surface area contributed by atoms with E-state index in [4.69, 9.17) is 10.5 Å². The Morgan fingerprint density at radius 3 is 2.73 bits per heavy atom. The van der Waals surface area contributed by atoms with Gasteiger partial charge in [-0.25, -0.2) is 0 Å². The van der Waals surface area contributed by atoms with Gasteiger partial charge in [0.1, 0.15) is 0 Å². The van der Waals surface area contributed by atoms with Crippen molar-refractivity contribution in [3.63, 3.8) is 0 Å². The molecule has 1 unspecified atom stereocenters. The zero-order valence-corrected chi connectivity index (χ0v) is 7.84. The molecule has 2 N–H and O–H groups in total. The summed E-state index contributed by atoms with van der Waals surface area (Å²) in [6, 6.07) is 3.28. The molecule has 0 amide bonds. The third-order valence-electron chi connectivity index (χ3n) is 2.42. The molecular weight excluding hydrogens is 207 g/mol. The zero-order chi connectivity index (χ0) is 11.1. The third kappa shape index (κ3) is 1.98. The summed E-state index contributed by atoms with van der Waals surface area (Å²) in [5.74, 6) is 0. The van der Waals surface area contributed by atoms with Crippen LogP contribution in [0, 0.1) is 0 Å². The monoisotopic (exact) mass is 217 g/mol. The number of benzene rings is 1. The Bertz CT molecular complexity index is 375. The van der Waals surface area contributed by atoms with Gasteiger partial charge in [-0.2, -0.15) is 13.2 Å². The van der Waals surface area contributed by atoms with E-state index >= 15 is 0 Å². The number of nitrogens with two attached hydrogens (primary N) is 1. The second-order valence-electron chi connectivity index (χ2n) is 3.53. The molecular formula is C10H10F3NO. The van der Waals surface area contributed by atoms with Crippen LogP contribution in [0.25, 0.3) is 0 Å². The van der Waals surface area contributed by atoms with Crippen LogP contribution in [0.1, 0.15) is 22.7 Å². The Kier molecular flexibility index (Phi) is 2.44. The van der Waals surface area contributed by atoms with Crippen LogP contribution < -0.4 is 5.73 Å². The number of hydrogen-bond donors (Lipinski definition) is 1. The molecule has 0 spiro atoms. The number of hydrogen-bond acceptors (Lipinski definition) is 2. The SMILES string of the molecule is NC1COCc2cc(C(F)(F)F)ccc21. The maximum absolute atomic E-state index is 12.4. The Hall–Kier alpha value is -1.07. The Morgan fingerprint density at radius 1 is 1.33 bits per heavy atom. The first kappa shape index (κ1) is 10.4. The Morgan fingerprint density at radius 2 is 2.07 bits per heavy atom. The van der Waals surface area contributed by atoms with Gasteiger partial charge in [-0.1, -0.05) is 6.07 Å². The number of halogens is 3. The van der Waals surface area contributed by atoms with Gasteiger partial charge in [0.25, 0.3) is 0 Å². The van der Waals surface area contributed by atoms with Crippen LogP contribution in [0.5, 0.6) is 0 Å². The highest BCUT2D eigenvalue weighted by atomic mass is 19.4. The smallest absolute Gasteiger partial charge is 0.375 e. The molecule has 0 aromatic heterocycles. The summed E-state index contributed by atoms with van der Waals surface area (Å²) in [6.07, 6.45) is -4.31. The second kappa shape index (κ2) is 3.50. The predicted molar refractivity (Wildman–Crippen MR) is 48.0 cm³/mol. The lowest BCUT2D eigenvalue weighted by Crippen LogP contribution is -2.24. The van der Waals surface area contributed by atoms with Crippen LogP contribution in [0.3, 0.4) is 0 Å². The molecule has 1 heterocycles. The lowest BCUT2D eigenvalue weighted by Gasteiger charge is -2.23. The standard InChI is InChI=1S/C10H10F3NO/c11-10(12,13)7-1-2-8-6(3-7)4-15-5-9(8)14/h1-3,9H,4-5,14H2. The van der Waals surface area contributed by atoms with Gasteiger partial charge >= 0.3 is 6.18 Å². The number of ether oxygens (including phenoxy) is 1. The molecule has 2 rings (SSSR count). The first-order valence-corrected chi connectivity index (χ1v) is 4.52. The Balaban J connectivity index is 2.42. The number of rotatable bonds is 0. The van der Waals surface area contributed by atoms with Crippen molar-refractivity contribution < 1.29 is 17.9 Å². The molecule has 1 aliphatic rings. The van der Waals surface area contributed by atoms with Gasteiger partial charge in [0, 0.05) is 0 Å².